The Labute approximate surface area is 336 Å². The summed E-state index contributed by atoms with van der Waals surface area (Å²) in [6, 6.07) is 72.2. The van der Waals surface area contributed by atoms with Gasteiger partial charge in [-0.05, 0) is 81.3 Å². The summed E-state index contributed by atoms with van der Waals surface area (Å²) in [5.74, 6) is 0.709. The Morgan fingerprint density at radius 1 is 0.404 bits per heavy atom. The highest BCUT2D eigenvalue weighted by molar-refractivity contribution is 7.26. The fourth-order valence-electron chi connectivity index (χ4n) is 8.96. The zero-order valence-corrected chi connectivity index (χ0v) is 32.2. The molecule has 0 radical (unpaired) electrons. The van der Waals surface area contributed by atoms with E-state index in [4.69, 9.17) is 9.97 Å². The molecule has 1 unspecified atom stereocenters. The van der Waals surface area contributed by atoms with Crippen LogP contribution in [0.3, 0.4) is 0 Å². The first kappa shape index (κ1) is 33.4. The molecule has 0 fully saturated rings. The third-order valence-electron chi connectivity index (χ3n) is 11.8. The predicted molar refractivity (Wildman–Crippen MR) is 240 cm³/mol. The molecule has 57 heavy (non-hydrogen) atoms. The molecule has 0 bridgehead atoms. The van der Waals surface area contributed by atoms with Gasteiger partial charge in [0, 0.05) is 42.3 Å². The lowest BCUT2D eigenvalue weighted by Crippen LogP contribution is -2.22. The quantitative estimate of drug-likeness (QED) is 0.169. The summed E-state index contributed by atoms with van der Waals surface area (Å²) in [4.78, 5) is 10.5. The third-order valence-corrected chi connectivity index (χ3v) is 13.0. The van der Waals surface area contributed by atoms with Gasteiger partial charge in [-0.15, -0.1) is 11.3 Å². The van der Waals surface area contributed by atoms with Gasteiger partial charge in [0.05, 0.1) is 11.4 Å². The van der Waals surface area contributed by atoms with Crippen molar-refractivity contribution in [3.05, 3.63) is 217 Å². The number of nitrogens with zero attached hydrogens (tertiary/aromatic N) is 2. The molecule has 0 amide bonds. The molecule has 0 N–H and O–H groups in total. The summed E-state index contributed by atoms with van der Waals surface area (Å²) >= 11 is 1.86. The van der Waals surface area contributed by atoms with Crippen LogP contribution >= 0.6 is 11.3 Å². The van der Waals surface area contributed by atoms with Crippen molar-refractivity contribution in [1.29, 1.82) is 0 Å². The minimum absolute atomic E-state index is 0.368. The fraction of sp³-hybridized carbons (Fsp3) is 0.0370. The van der Waals surface area contributed by atoms with Crippen LogP contribution in [-0.2, 0) is 5.41 Å². The average molecular weight is 745 g/mol. The van der Waals surface area contributed by atoms with Gasteiger partial charge in [0.1, 0.15) is 0 Å². The Kier molecular flexibility index (Phi) is 7.84. The highest BCUT2D eigenvalue weighted by Crippen LogP contribution is 2.56. The van der Waals surface area contributed by atoms with Crippen molar-refractivity contribution in [2.45, 2.75) is 12.3 Å². The molecular formula is C54H36N2S. The SMILES string of the molecule is CC1(c2ccccc2)c2cc(-c3cc(-c4cccc(-c5cccc6c5sc5ccccc56)c4)nc(-c4ccccc4)n3)ccc2-c2c(-c3ccccc3)cccc21. The van der Waals surface area contributed by atoms with Crippen LogP contribution in [0.1, 0.15) is 23.6 Å². The number of thiophene rings is 1. The minimum atomic E-state index is -0.368. The second kappa shape index (κ2) is 13.4. The first-order valence-electron chi connectivity index (χ1n) is 19.5. The second-order valence-corrected chi connectivity index (χ2v) is 16.1. The molecule has 11 rings (SSSR count). The van der Waals surface area contributed by atoms with Crippen LogP contribution in [-0.4, -0.2) is 9.97 Å². The second-order valence-electron chi connectivity index (χ2n) is 15.0. The van der Waals surface area contributed by atoms with E-state index in [1.165, 1.54) is 70.2 Å². The molecule has 2 nitrogen and oxygen atoms in total. The van der Waals surface area contributed by atoms with Crippen molar-refractivity contribution >= 4 is 31.5 Å². The van der Waals surface area contributed by atoms with E-state index in [-0.39, 0.29) is 5.41 Å². The van der Waals surface area contributed by atoms with Gasteiger partial charge in [-0.2, -0.15) is 0 Å². The fourth-order valence-corrected chi connectivity index (χ4v) is 10.2. The molecule has 1 aliphatic carbocycles. The van der Waals surface area contributed by atoms with E-state index >= 15 is 0 Å². The number of rotatable bonds is 6. The van der Waals surface area contributed by atoms with Crippen LogP contribution in [0, 0.1) is 0 Å². The Morgan fingerprint density at radius 2 is 1.00 bits per heavy atom. The molecule has 10 aromatic rings. The number of benzene rings is 8. The highest BCUT2D eigenvalue weighted by Gasteiger charge is 2.42. The number of aromatic nitrogens is 2. The molecule has 0 saturated heterocycles. The van der Waals surface area contributed by atoms with Crippen LogP contribution in [0.2, 0.25) is 0 Å². The van der Waals surface area contributed by atoms with Crippen LogP contribution in [0.5, 0.6) is 0 Å². The smallest absolute Gasteiger partial charge is 0.160 e. The van der Waals surface area contributed by atoms with Crippen LogP contribution < -0.4 is 0 Å². The van der Waals surface area contributed by atoms with Gasteiger partial charge in [-0.3, -0.25) is 0 Å². The summed E-state index contributed by atoms with van der Waals surface area (Å²) < 4.78 is 2.61. The van der Waals surface area contributed by atoms with Crippen molar-refractivity contribution < 1.29 is 0 Å². The largest absolute Gasteiger partial charge is 0.228 e. The summed E-state index contributed by atoms with van der Waals surface area (Å²) in [6.07, 6.45) is 0. The first-order valence-corrected chi connectivity index (χ1v) is 20.3. The Bertz CT molecular complexity index is 3130. The molecule has 0 aliphatic heterocycles. The lowest BCUT2D eigenvalue weighted by Gasteiger charge is -2.28. The number of fused-ring (bicyclic) bond motifs is 6. The zero-order valence-electron chi connectivity index (χ0n) is 31.4. The summed E-state index contributed by atoms with van der Waals surface area (Å²) in [6.45, 7) is 2.38. The van der Waals surface area contributed by atoms with Gasteiger partial charge >= 0.3 is 0 Å². The van der Waals surface area contributed by atoms with Gasteiger partial charge in [0.15, 0.2) is 5.82 Å². The van der Waals surface area contributed by atoms with Crippen molar-refractivity contribution in [2.24, 2.45) is 0 Å². The van der Waals surface area contributed by atoms with Crippen LogP contribution in [0.15, 0.2) is 200 Å². The van der Waals surface area contributed by atoms with E-state index in [0.29, 0.717) is 5.82 Å². The van der Waals surface area contributed by atoms with E-state index in [2.05, 4.69) is 201 Å². The Balaban J connectivity index is 1.09. The monoisotopic (exact) mass is 744 g/mol. The van der Waals surface area contributed by atoms with Crippen molar-refractivity contribution in [3.63, 3.8) is 0 Å². The highest BCUT2D eigenvalue weighted by atomic mass is 32.1. The standard InChI is InChI=1S/C54H36N2S/c1-54(40-22-9-4-10-23-40)46-28-15-25-41(35-16-5-2-6-17-35)51(46)45-31-30-39(33-47(45)54)49-34-48(55-53(56-49)36-18-7-3-8-19-36)38-21-13-20-37(32-38)42-26-14-27-44-43-24-11-12-29-50(43)57-52(42)44/h2-34H,1H3. The maximum atomic E-state index is 5.30. The summed E-state index contributed by atoms with van der Waals surface area (Å²) in [5, 5.41) is 2.60. The average Bonchev–Trinajstić information content (AvgIpc) is 3.80. The normalized spacial score (nSPS) is 14.5. The van der Waals surface area contributed by atoms with E-state index in [9.17, 15) is 0 Å². The number of hydrogen-bond donors (Lipinski definition) is 0. The minimum Gasteiger partial charge on any atom is -0.228 e. The predicted octanol–water partition coefficient (Wildman–Crippen LogP) is 14.5. The Morgan fingerprint density at radius 3 is 1.79 bits per heavy atom. The van der Waals surface area contributed by atoms with Crippen molar-refractivity contribution in [3.8, 4) is 67.3 Å². The molecule has 1 atom stereocenters. The van der Waals surface area contributed by atoms with Gasteiger partial charge in [-0.1, -0.05) is 176 Å². The molecular weight excluding hydrogens is 709 g/mol. The van der Waals surface area contributed by atoms with Gasteiger partial charge < -0.3 is 0 Å². The lowest BCUT2D eigenvalue weighted by atomic mass is 9.73. The first-order chi connectivity index (χ1) is 28.1. The molecule has 3 heteroatoms. The Hall–Kier alpha value is -6.94. The van der Waals surface area contributed by atoms with Gasteiger partial charge in [-0.25, -0.2) is 9.97 Å². The molecule has 2 heterocycles. The maximum Gasteiger partial charge on any atom is 0.160 e. The summed E-state index contributed by atoms with van der Waals surface area (Å²) in [7, 11) is 0. The lowest BCUT2D eigenvalue weighted by molar-refractivity contribution is 0.714. The maximum absolute atomic E-state index is 5.30. The van der Waals surface area contributed by atoms with Crippen molar-refractivity contribution in [2.75, 3.05) is 0 Å². The topological polar surface area (TPSA) is 25.8 Å². The van der Waals surface area contributed by atoms with Gasteiger partial charge in [0.2, 0.25) is 0 Å². The molecule has 268 valence electrons. The third kappa shape index (κ3) is 5.46. The van der Waals surface area contributed by atoms with E-state index in [0.717, 1.165) is 28.1 Å². The van der Waals surface area contributed by atoms with E-state index in [1.54, 1.807) is 0 Å². The molecule has 2 aromatic heterocycles. The van der Waals surface area contributed by atoms with E-state index in [1.807, 2.05) is 17.4 Å². The number of hydrogen-bond acceptors (Lipinski definition) is 3. The van der Waals surface area contributed by atoms with Crippen LogP contribution in [0.25, 0.3) is 87.5 Å². The van der Waals surface area contributed by atoms with Gasteiger partial charge in [0.25, 0.3) is 0 Å². The zero-order chi connectivity index (χ0) is 37.9. The van der Waals surface area contributed by atoms with Crippen LogP contribution in [0.4, 0.5) is 0 Å². The molecule has 0 saturated carbocycles. The van der Waals surface area contributed by atoms with Crippen molar-refractivity contribution in [1.82, 2.24) is 9.97 Å². The molecule has 1 aliphatic rings. The van der Waals surface area contributed by atoms with E-state index < -0.39 is 0 Å². The summed E-state index contributed by atoms with van der Waals surface area (Å²) in [5.41, 5.74) is 15.9. The molecule has 0 spiro atoms. The molecule has 8 aromatic carbocycles.